The van der Waals surface area contributed by atoms with Gasteiger partial charge in [0.25, 0.3) is 0 Å². The number of halogens is 2. The Morgan fingerprint density at radius 1 is 1.36 bits per heavy atom. The molecule has 0 atom stereocenters. The summed E-state index contributed by atoms with van der Waals surface area (Å²) in [6.45, 7) is 3.78. The minimum absolute atomic E-state index is 0.217. The van der Waals surface area contributed by atoms with Crippen LogP contribution in [-0.4, -0.2) is 14.0 Å². The number of rotatable bonds is 5. The van der Waals surface area contributed by atoms with Gasteiger partial charge in [0, 0.05) is 0 Å². The Hall–Kier alpha value is -0.243. The van der Waals surface area contributed by atoms with Crippen LogP contribution in [-0.2, 0) is 6.42 Å². The average molecular weight is 243 g/mol. The van der Waals surface area contributed by atoms with Crippen molar-refractivity contribution in [3.8, 4) is 0 Å². The van der Waals surface area contributed by atoms with Gasteiger partial charge in [0.1, 0.15) is 0 Å². The summed E-state index contributed by atoms with van der Waals surface area (Å²) < 4.78 is -0.217. The van der Waals surface area contributed by atoms with Crippen LogP contribution >= 0.6 is 23.2 Å². The summed E-state index contributed by atoms with van der Waals surface area (Å²) in [6.07, 6.45) is 2.91. The molecule has 0 aliphatic carbocycles. The zero-order valence-corrected chi connectivity index (χ0v) is 10.4. The Morgan fingerprint density at radius 2 is 2.07 bits per heavy atom. The molecule has 0 spiro atoms. The fraction of sp³-hybridized carbons (Fsp3) is 0.273. The van der Waals surface area contributed by atoms with E-state index in [1.54, 1.807) is 0 Å². The van der Waals surface area contributed by atoms with E-state index in [0.29, 0.717) is 9.52 Å². The van der Waals surface area contributed by atoms with Gasteiger partial charge in [0.05, 0.1) is 14.0 Å². The number of hydrogen-bond donors (Lipinski definition) is 0. The van der Waals surface area contributed by atoms with Gasteiger partial charge in [0.2, 0.25) is 0 Å². The first-order valence-corrected chi connectivity index (χ1v) is 6.61. The third-order valence-corrected chi connectivity index (χ3v) is 3.74. The monoisotopic (exact) mass is 242 g/mol. The fourth-order valence-electron chi connectivity index (χ4n) is 1.28. The standard InChI is InChI=1S/C11H12Cl2Si/c1-2-9-5-3-4-6-10(9)7-8-14-11(12)13/h2-6,11H,1,7-8H2. The van der Waals surface area contributed by atoms with Crippen molar-refractivity contribution in [2.45, 2.75) is 16.9 Å². The van der Waals surface area contributed by atoms with Crippen molar-refractivity contribution in [2.75, 3.05) is 0 Å². The predicted octanol–water partition coefficient (Wildman–Crippen LogP) is 3.76. The normalized spacial score (nSPS) is 10.5. The molecule has 0 fully saturated rings. The lowest BCUT2D eigenvalue weighted by Crippen LogP contribution is -2.02. The van der Waals surface area contributed by atoms with Gasteiger partial charge < -0.3 is 0 Å². The molecular formula is C11H12Cl2Si. The SMILES string of the molecule is C=Cc1ccccc1CC[Si]C(Cl)Cl. The van der Waals surface area contributed by atoms with Gasteiger partial charge in [0.15, 0.2) is 0 Å². The van der Waals surface area contributed by atoms with Crippen molar-refractivity contribution in [2.24, 2.45) is 0 Å². The van der Waals surface area contributed by atoms with Crippen molar-refractivity contribution < 1.29 is 0 Å². The minimum Gasteiger partial charge on any atom is -0.110 e. The molecule has 0 saturated heterocycles. The highest BCUT2D eigenvalue weighted by Crippen LogP contribution is 2.13. The second-order valence-electron chi connectivity index (χ2n) is 2.91. The highest BCUT2D eigenvalue weighted by atomic mass is 35.5. The van der Waals surface area contributed by atoms with Crippen LogP contribution in [0, 0.1) is 0 Å². The Kier molecular flexibility index (Phi) is 5.31. The molecule has 2 radical (unpaired) electrons. The molecule has 1 aromatic carbocycles. The van der Waals surface area contributed by atoms with Crippen LogP contribution in [0.15, 0.2) is 30.8 Å². The van der Waals surface area contributed by atoms with Gasteiger partial charge in [-0.3, -0.25) is 0 Å². The Balaban J connectivity index is 2.53. The lowest BCUT2D eigenvalue weighted by atomic mass is 10.1. The summed E-state index contributed by atoms with van der Waals surface area (Å²) in [4.78, 5) is 0. The van der Waals surface area contributed by atoms with Gasteiger partial charge in [-0.05, 0) is 17.5 Å². The lowest BCUT2D eigenvalue weighted by Gasteiger charge is -2.05. The molecule has 0 heterocycles. The molecule has 0 aliphatic heterocycles. The van der Waals surface area contributed by atoms with Gasteiger partial charge in [-0.1, -0.05) is 43.0 Å². The molecule has 0 bridgehead atoms. The Bertz CT molecular complexity index is 297. The van der Waals surface area contributed by atoms with Crippen LogP contribution in [0.2, 0.25) is 6.04 Å². The van der Waals surface area contributed by atoms with Gasteiger partial charge in [-0.2, -0.15) is 0 Å². The topological polar surface area (TPSA) is 0 Å². The van der Waals surface area contributed by atoms with E-state index in [2.05, 4.69) is 18.7 Å². The van der Waals surface area contributed by atoms with Gasteiger partial charge >= 0.3 is 0 Å². The first-order valence-electron chi connectivity index (χ1n) is 4.46. The third-order valence-electron chi connectivity index (χ3n) is 1.97. The summed E-state index contributed by atoms with van der Waals surface area (Å²) in [5.41, 5.74) is 2.53. The van der Waals surface area contributed by atoms with E-state index in [1.165, 1.54) is 11.1 Å². The maximum Gasteiger partial charge on any atom is 0.0929 e. The quantitative estimate of drug-likeness (QED) is 0.545. The zero-order chi connectivity index (χ0) is 10.4. The lowest BCUT2D eigenvalue weighted by molar-refractivity contribution is 1.11. The molecule has 1 rings (SSSR count). The minimum atomic E-state index is -0.217. The maximum atomic E-state index is 5.68. The maximum absolute atomic E-state index is 5.68. The van der Waals surface area contributed by atoms with Gasteiger partial charge in [-0.15, -0.1) is 23.2 Å². The van der Waals surface area contributed by atoms with Gasteiger partial charge in [-0.25, -0.2) is 0 Å². The van der Waals surface area contributed by atoms with Crippen molar-refractivity contribution in [3.63, 3.8) is 0 Å². The predicted molar refractivity (Wildman–Crippen MR) is 66.3 cm³/mol. The summed E-state index contributed by atoms with van der Waals surface area (Å²) in [5.74, 6) is 0. The summed E-state index contributed by atoms with van der Waals surface area (Å²) >= 11 is 11.4. The largest absolute Gasteiger partial charge is 0.110 e. The average Bonchev–Trinajstić information content (AvgIpc) is 2.18. The van der Waals surface area contributed by atoms with Crippen LogP contribution in [0.4, 0.5) is 0 Å². The van der Waals surface area contributed by atoms with E-state index < -0.39 is 0 Å². The smallest absolute Gasteiger partial charge is 0.0929 e. The highest BCUT2D eigenvalue weighted by molar-refractivity contribution is 6.68. The van der Waals surface area contributed by atoms with E-state index in [9.17, 15) is 0 Å². The molecule has 0 unspecified atom stereocenters. The van der Waals surface area contributed by atoms with E-state index in [1.807, 2.05) is 18.2 Å². The fourth-order valence-corrected chi connectivity index (χ4v) is 2.56. The Morgan fingerprint density at radius 3 is 2.71 bits per heavy atom. The number of hydrogen-bond acceptors (Lipinski definition) is 0. The van der Waals surface area contributed by atoms with Crippen molar-refractivity contribution in [1.82, 2.24) is 0 Å². The first-order chi connectivity index (χ1) is 6.74. The van der Waals surface area contributed by atoms with E-state index in [-0.39, 0.29) is 4.46 Å². The number of aryl methyl sites for hydroxylation is 1. The summed E-state index contributed by atoms with van der Waals surface area (Å²) in [7, 11) is 0.609. The molecule has 1 aromatic rings. The van der Waals surface area contributed by atoms with Crippen LogP contribution in [0.25, 0.3) is 6.08 Å². The summed E-state index contributed by atoms with van der Waals surface area (Å²) in [6, 6.07) is 9.31. The van der Waals surface area contributed by atoms with Crippen molar-refractivity contribution in [3.05, 3.63) is 42.0 Å². The summed E-state index contributed by atoms with van der Waals surface area (Å²) in [5, 5.41) is 0. The number of benzene rings is 1. The van der Waals surface area contributed by atoms with E-state index in [4.69, 9.17) is 23.2 Å². The molecule has 0 aromatic heterocycles. The first kappa shape index (κ1) is 11.8. The molecule has 0 amide bonds. The molecular weight excluding hydrogens is 231 g/mol. The highest BCUT2D eigenvalue weighted by Gasteiger charge is 2.02. The molecule has 3 heteroatoms. The second-order valence-corrected chi connectivity index (χ2v) is 6.22. The zero-order valence-electron chi connectivity index (χ0n) is 7.84. The van der Waals surface area contributed by atoms with E-state index >= 15 is 0 Å². The van der Waals surface area contributed by atoms with Crippen molar-refractivity contribution >= 4 is 38.8 Å². The number of alkyl halides is 2. The third kappa shape index (κ3) is 3.87. The molecule has 0 N–H and O–H groups in total. The molecule has 14 heavy (non-hydrogen) atoms. The molecule has 74 valence electrons. The van der Waals surface area contributed by atoms with Crippen LogP contribution in [0.5, 0.6) is 0 Å². The molecule has 0 aliphatic rings. The van der Waals surface area contributed by atoms with E-state index in [0.717, 1.165) is 12.5 Å². The van der Waals surface area contributed by atoms with Crippen molar-refractivity contribution in [1.29, 1.82) is 0 Å². The second kappa shape index (κ2) is 6.28. The Labute approximate surface area is 97.7 Å². The van der Waals surface area contributed by atoms with Crippen LogP contribution < -0.4 is 0 Å². The molecule has 0 nitrogen and oxygen atoms in total. The van der Waals surface area contributed by atoms with Crippen LogP contribution in [0.1, 0.15) is 11.1 Å². The molecule has 0 saturated carbocycles. The van der Waals surface area contributed by atoms with Crippen LogP contribution in [0.3, 0.4) is 0 Å².